The fraction of sp³-hybridized carbons (Fsp3) is 0.0526. The lowest BCUT2D eigenvalue weighted by atomic mass is 10.3. The number of para-hydroxylation sites is 2. The predicted octanol–water partition coefficient (Wildman–Crippen LogP) is 4.88. The Morgan fingerprint density at radius 2 is 1.68 bits per heavy atom. The minimum atomic E-state index is -3.89. The van der Waals surface area contributed by atoms with Crippen LogP contribution in [0.15, 0.2) is 76.2 Å². The molecule has 4 aromatic rings. The third-order valence-corrected chi connectivity index (χ3v) is 5.48. The molecule has 0 fully saturated rings. The Balaban J connectivity index is 1.71. The van der Waals surface area contributed by atoms with Gasteiger partial charge in [0.05, 0.1) is 16.7 Å². The van der Waals surface area contributed by atoms with Crippen molar-refractivity contribution in [3.05, 3.63) is 83.0 Å². The minimum absolute atomic E-state index is 0.0419. The van der Waals surface area contributed by atoms with Gasteiger partial charge in [0.25, 0.3) is 10.0 Å². The molecule has 1 N–H and O–H groups in total. The van der Waals surface area contributed by atoms with E-state index in [1.807, 2.05) is 6.07 Å². The second kappa shape index (κ2) is 7.49. The molecule has 2 aromatic heterocycles. The summed E-state index contributed by atoms with van der Waals surface area (Å²) < 4.78 is 33.3. The maximum atomic E-state index is 12.8. The molecule has 4 rings (SSSR count). The Morgan fingerprint density at radius 1 is 0.964 bits per heavy atom. The molecule has 0 aliphatic carbocycles. The van der Waals surface area contributed by atoms with Gasteiger partial charge in [-0.15, -0.1) is 0 Å². The van der Waals surface area contributed by atoms with Gasteiger partial charge in [0.15, 0.2) is 0 Å². The molecular formula is C19H14ClN4O3S-. The lowest BCUT2D eigenvalue weighted by Gasteiger charge is -2.20. The van der Waals surface area contributed by atoms with E-state index in [1.165, 1.54) is 24.3 Å². The highest BCUT2D eigenvalue weighted by Crippen LogP contribution is 2.31. The van der Waals surface area contributed by atoms with Crippen molar-refractivity contribution in [1.82, 2.24) is 9.97 Å². The van der Waals surface area contributed by atoms with Gasteiger partial charge in [0.2, 0.25) is 0 Å². The number of nitrogens with zero attached hydrogens (tertiary/aromatic N) is 3. The molecule has 0 unspecified atom stereocenters. The number of aromatic nitrogens is 2. The summed E-state index contributed by atoms with van der Waals surface area (Å²) in [5.41, 5.74) is 1.16. The monoisotopic (exact) mass is 413 g/mol. The van der Waals surface area contributed by atoms with Crippen LogP contribution in [0.3, 0.4) is 0 Å². The van der Waals surface area contributed by atoms with Crippen molar-refractivity contribution in [3.63, 3.8) is 0 Å². The Labute approximate surface area is 166 Å². The van der Waals surface area contributed by atoms with Crippen LogP contribution < -0.4 is 4.72 Å². The zero-order valence-corrected chi connectivity index (χ0v) is 16.0. The number of halogens is 1. The second-order valence-electron chi connectivity index (χ2n) is 5.84. The third-order valence-electron chi connectivity index (χ3n) is 3.87. The zero-order chi connectivity index (χ0) is 19.6. The van der Waals surface area contributed by atoms with Crippen LogP contribution in [0.2, 0.25) is 5.02 Å². The number of sulfonamides is 1. The van der Waals surface area contributed by atoms with E-state index in [4.69, 9.17) is 16.0 Å². The molecule has 0 saturated carbocycles. The lowest BCUT2D eigenvalue weighted by Crippen LogP contribution is -2.14. The van der Waals surface area contributed by atoms with Crippen molar-refractivity contribution in [2.45, 2.75) is 11.4 Å². The standard InChI is InChI=1S/C19H14ClN4O3S/c20-13-7-9-15(10-8-13)28(25,26)24-19-18(21-12-14-4-3-11-27-14)22-16-5-1-2-6-17(16)23-19/h1-11H,12H2,(H-,21,22,23,24)/q-1. The van der Waals surface area contributed by atoms with E-state index in [0.717, 1.165) is 0 Å². The van der Waals surface area contributed by atoms with Crippen LogP contribution in [0.25, 0.3) is 16.4 Å². The van der Waals surface area contributed by atoms with Crippen LogP contribution in [0.1, 0.15) is 5.76 Å². The minimum Gasteiger partial charge on any atom is -0.469 e. The molecule has 9 heteroatoms. The summed E-state index contributed by atoms with van der Waals surface area (Å²) in [5.74, 6) is 0.842. The quantitative estimate of drug-likeness (QED) is 0.485. The smallest absolute Gasteiger partial charge is 0.263 e. The highest BCUT2D eigenvalue weighted by atomic mass is 35.5. The first-order valence-electron chi connectivity index (χ1n) is 8.26. The third kappa shape index (κ3) is 3.92. The Morgan fingerprint density at radius 3 is 2.36 bits per heavy atom. The molecule has 0 spiro atoms. The molecule has 0 bridgehead atoms. The number of furan rings is 1. The summed E-state index contributed by atoms with van der Waals surface area (Å²) in [6.45, 7) is 0.204. The van der Waals surface area contributed by atoms with Crippen molar-refractivity contribution in [2.24, 2.45) is 0 Å². The average Bonchev–Trinajstić information content (AvgIpc) is 3.20. The van der Waals surface area contributed by atoms with Crippen LogP contribution in [0.5, 0.6) is 0 Å². The molecule has 142 valence electrons. The van der Waals surface area contributed by atoms with Gasteiger partial charge in [-0.2, -0.15) is 0 Å². The van der Waals surface area contributed by atoms with Gasteiger partial charge in [-0.25, -0.2) is 13.4 Å². The van der Waals surface area contributed by atoms with E-state index < -0.39 is 10.0 Å². The van der Waals surface area contributed by atoms with Gasteiger partial charge in [0.1, 0.15) is 11.6 Å². The Hall–Kier alpha value is -3.10. The van der Waals surface area contributed by atoms with Gasteiger partial charge >= 0.3 is 0 Å². The van der Waals surface area contributed by atoms with Crippen LogP contribution in [0.4, 0.5) is 11.6 Å². The molecule has 0 amide bonds. The molecule has 7 nitrogen and oxygen atoms in total. The molecule has 0 aliphatic heterocycles. The maximum Gasteiger partial charge on any atom is 0.263 e. The fourth-order valence-electron chi connectivity index (χ4n) is 2.52. The van der Waals surface area contributed by atoms with Crippen molar-refractivity contribution in [1.29, 1.82) is 0 Å². The molecule has 0 aliphatic rings. The molecule has 0 atom stereocenters. The number of hydrogen-bond acceptors (Lipinski definition) is 5. The molecule has 2 aromatic carbocycles. The lowest BCUT2D eigenvalue weighted by molar-refractivity contribution is 0.521. The van der Waals surface area contributed by atoms with E-state index in [1.54, 1.807) is 36.6 Å². The molecular weight excluding hydrogens is 400 g/mol. The van der Waals surface area contributed by atoms with Crippen molar-refractivity contribution in [3.8, 4) is 0 Å². The van der Waals surface area contributed by atoms with Crippen molar-refractivity contribution < 1.29 is 12.8 Å². The summed E-state index contributed by atoms with van der Waals surface area (Å²) in [5, 5.41) is 4.82. The topological polar surface area (TPSA) is 99.2 Å². The Kier molecular flexibility index (Phi) is 4.89. The largest absolute Gasteiger partial charge is 0.469 e. The average molecular weight is 414 g/mol. The van der Waals surface area contributed by atoms with Crippen LogP contribution in [0, 0.1) is 0 Å². The number of hydrogen-bond donors (Lipinski definition) is 1. The highest BCUT2D eigenvalue weighted by molar-refractivity contribution is 7.92. The summed E-state index contributed by atoms with van der Waals surface area (Å²) >= 11 is 5.84. The number of anilines is 1. The molecule has 0 radical (unpaired) electrons. The number of nitrogens with one attached hydrogen (secondary N) is 1. The molecule has 2 heterocycles. The molecule has 0 saturated heterocycles. The summed E-state index contributed by atoms with van der Waals surface area (Å²) in [6.07, 6.45) is 1.54. The van der Waals surface area contributed by atoms with Gasteiger partial charge in [0, 0.05) is 11.6 Å². The van der Waals surface area contributed by atoms with E-state index in [2.05, 4.69) is 20.0 Å². The number of fused-ring (bicyclic) bond motifs is 1. The van der Waals surface area contributed by atoms with Crippen LogP contribution >= 0.6 is 11.6 Å². The number of rotatable bonds is 6. The van der Waals surface area contributed by atoms with E-state index in [-0.39, 0.29) is 23.1 Å². The first-order chi connectivity index (χ1) is 13.5. The maximum absolute atomic E-state index is 12.8. The molecule has 28 heavy (non-hydrogen) atoms. The van der Waals surface area contributed by atoms with E-state index in [9.17, 15) is 8.42 Å². The van der Waals surface area contributed by atoms with Gasteiger partial charge < -0.3 is 14.7 Å². The van der Waals surface area contributed by atoms with E-state index >= 15 is 0 Å². The first-order valence-corrected chi connectivity index (χ1v) is 10.1. The van der Waals surface area contributed by atoms with Gasteiger partial charge in [-0.1, -0.05) is 29.8 Å². The highest BCUT2D eigenvalue weighted by Gasteiger charge is 2.16. The van der Waals surface area contributed by atoms with Crippen LogP contribution in [-0.2, 0) is 16.6 Å². The second-order valence-corrected chi connectivity index (χ2v) is 7.96. The zero-order valence-electron chi connectivity index (χ0n) is 14.4. The summed E-state index contributed by atoms with van der Waals surface area (Å²) in [6, 6.07) is 16.5. The van der Waals surface area contributed by atoms with Gasteiger partial charge in [-0.3, -0.25) is 4.72 Å². The van der Waals surface area contributed by atoms with Crippen molar-refractivity contribution >= 4 is 44.3 Å². The first kappa shape index (κ1) is 18.3. The SMILES string of the molecule is O=S(=O)(Nc1nc2ccccc2nc1[N-]Cc1ccco1)c1ccc(Cl)cc1. The normalized spacial score (nSPS) is 11.5. The Bertz CT molecular complexity index is 1210. The van der Waals surface area contributed by atoms with Crippen LogP contribution in [-0.4, -0.2) is 18.4 Å². The predicted molar refractivity (Wildman–Crippen MR) is 107 cm³/mol. The summed E-state index contributed by atoms with van der Waals surface area (Å²) in [4.78, 5) is 8.91. The van der Waals surface area contributed by atoms with Gasteiger partial charge in [-0.05, 0) is 53.8 Å². The number of benzene rings is 2. The summed E-state index contributed by atoms with van der Waals surface area (Å²) in [7, 11) is -3.89. The van der Waals surface area contributed by atoms with E-state index in [0.29, 0.717) is 21.8 Å². The van der Waals surface area contributed by atoms with Crippen molar-refractivity contribution in [2.75, 3.05) is 4.72 Å². The fourth-order valence-corrected chi connectivity index (χ4v) is 3.65.